The molecule has 0 aromatic rings. The van der Waals surface area contributed by atoms with Crippen molar-refractivity contribution in [1.29, 1.82) is 0 Å². The van der Waals surface area contributed by atoms with E-state index in [0.29, 0.717) is 12.8 Å². The van der Waals surface area contributed by atoms with Crippen LogP contribution in [-0.4, -0.2) is 98.7 Å². The maximum Gasteiger partial charge on any atom is 0.249 e. The summed E-state index contributed by atoms with van der Waals surface area (Å²) in [7, 11) is 0. The first-order chi connectivity index (χ1) is 25.3. The van der Waals surface area contributed by atoms with E-state index in [2.05, 4.69) is 55.6 Å². The van der Waals surface area contributed by atoms with E-state index in [9.17, 15) is 35.4 Å². The summed E-state index contributed by atoms with van der Waals surface area (Å²) in [6, 6.07) is -1.01. The van der Waals surface area contributed by atoms with Crippen LogP contribution in [0.25, 0.3) is 0 Å². The van der Waals surface area contributed by atoms with Crippen molar-refractivity contribution in [2.75, 3.05) is 13.2 Å². The van der Waals surface area contributed by atoms with Crippen LogP contribution in [0.3, 0.4) is 0 Å². The van der Waals surface area contributed by atoms with Gasteiger partial charge in [0.1, 0.15) is 30.5 Å². The summed E-state index contributed by atoms with van der Waals surface area (Å²) < 4.78 is 11.1. The average molecular weight is 738 g/mol. The Morgan fingerprint density at radius 1 is 0.654 bits per heavy atom. The number of rotatable bonds is 32. The van der Waals surface area contributed by atoms with Gasteiger partial charge in [0, 0.05) is 0 Å². The molecule has 0 bridgehead atoms. The van der Waals surface area contributed by atoms with Crippen molar-refractivity contribution < 1.29 is 44.9 Å². The SMILES string of the molecule is CCCCCC/C=C/CC/C=C/CC/C=C/C(O)C(COC1OC(CO)C(O)C(O)C1O)NC(=O)C(O)CCCC/C=C\CCCCCCCCC. The third-order valence-corrected chi connectivity index (χ3v) is 9.46. The zero-order valence-corrected chi connectivity index (χ0v) is 32.4. The first-order valence-corrected chi connectivity index (χ1v) is 20.5. The lowest BCUT2D eigenvalue weighted by Crippen LogP contribution is -2.60. The molecule has 7 N–H and O–H groups in total. The number of amides is 1. The second kappa shape index (κ2) is 32.5. The normalized spacial score (nSPS) is 23.0. The van der Waals surface area contributed by atoms with Gasteiger partial charge in [0.2, 0.25) is 5.91 Å². The second-order valence-corrected chi connectivity index (χ2v) is 14.2. The minimum atomic E-state index is -1.62. The highest BCUT2D eigenvalue weighted by Gasteiger charge is 2.44. The van der Waals surface area contributed by atoms with E-state index in [1.807, 2.05) is 6.08 Å². The van der Waals surface area contributed by atoms with Crippen molar-refractivity contribution >= 4 is 5.91 Å². The van der Waals surface area contributed by atoms with E-state index in [4.69, 9.17) is 9.47 Å². The Kier molecular flexibility index (Phi) is 30.1. The van der Waals surface area contributed by atoms with Crippen molar-refractivity contribution in [2.24, 2.45) is 0 Å². The van der Waals surface area contributed by atoms with Crippen LogP contribution in [0, 0.1) is 0 Å². The summed E-state index contributed by atoms with van der Waals surface area (Å²) in [6.07, 6.45) is 29.2. The van der Waals surface area contributed by atoms with Gasteiger partial charge in [-0.15, -0.1) is 0 Å². The molecule has 0 aromatic heterocycles. The van der Waals surface area contributed by atoms with E-state index < -0.39 is 61.5 Å². The van der Waals surface area contributed by atoms with Gasteiger partial charge in [-0.05, 0) is 70.6 Å². The fraction of sp³-hybridized carbons (Fsp3) is 0.786. The Hall–Kier alpha value is -1.89. The predicted octanol–water partition coefficient (Wildman–Crippen LogP) is 6.47. The molecule has 1 aliphatic heterocycles. The van der Waals surface area contributed by atoms with Crippen LogP contribution in [0.4, 0.5) is 0 Å². The van der Waals surface area contributed by atoms with Crippen LogP contribution in [0.15, 0.2) is 48.6 Å². The van der Waals surface area contributed by atoms with E-state index in [1.54, 1.807) is 6.08 Å². The molecule has 1 fully saturated rings. The summed E-state index contributed by atoms with van der Waals surface area (Å²) >= 11 is 0. The van der Waals surface area contributed by atoms with Crippen LogP contribution < -0.4 is 5.32 Å². The fourth-order valence-electron chi connectivity index (χ4n) is 6.01. The first-order valence-electron chi connectivity index (χ1n) is 20.5. The Morgan fingerprint density at radius 3 is 1.69 bits per heavy atom. The molecule has 302 valence electrons. The molecule has 1 saturated heterocycles. The molecule has 0 radical (unpaired) electrons. The molecule has 10 heteroatoms. The van der Waals surface area contributed by atoms with Crippen molar-refractivity contribution in [3.63, 3.8) is 0 Å². The summed E-state index contributed by atoms with van der Waals surface area (Å²) in [5.74, 6) is -0.651. The topological polar surface area (TPSA) is 169 Å². The number of allylic oxidation sites excluding steroid dienone is 7. The minimum Gasteiger partial charge on any atom is -0.394 e. The molecule has 0 aliphatic carbocycles. The van der Waals surface area contributed by atoms with Gasteiger partial charge in [-0.25, -0.2) is 0 Å². The van der Waals surface area contributed by atoms with Gasteiger partial charge in [-0.3, -0.25) is 4.79 Å². The summed E-state index contributed by atoms with van der Waals surface area (Å²) in [4.78, 5) is 13.0. The molecular formula is C42H75NO9. The molecule has 1 heterocycles. The van der Waals surface area contributed by atoms with Crippen LogP contribution in [0.5, 0.6) is 0 Å². The molecule has 0 aromatic carbocycles. The zero-order valence-electron chi connectivity index (χ0n) is 32.4. The second-order valence-electron chi connectivity index (χ2n) is 14.2. The number of ether oxygens (including phenoxy) is 2. The van der Waals surface area contributed by atoms with Crippen molar-refractivity contribution in [3.05, 3.63) is 48.6 Å². The number of aliphatic hydroxyl groups excluding tert-OH is 6. The largest absolute Gasteiger partial charge is 0.394 e. The first kappa shape index (κ1) is 48.1. The Bertz CT molecular complexity index is 969. The van der Waals surface area contributed by atoms with Crippen LogP contribution in [0.2, 0.25) is 0 Å². The lowest BCUT2D eigenvalue weighted by Gasteiger charge is -2.40. The van der Waals surface area contributed by atoms with Gasteiger partial charge in [0.25, 0.3) is 0 Å². The highest BCUT2D eigenvalue weighted by atomic mass is 16.7. The third-order valence-electron chi connectivity index (χ3n) is 9.46. The lowest BCUT2D eigenvalue weighted by atomic mass is 9.99. The molecule has 0 saturated carbocycles. The Morgan fingerprint density at radius 2 is 1.13 bits per heavy atom. The minimum absolute atomic E-state index is 0.269. The number of nitrogens with one attached hydrogen (secondary N) is 1. The summed E-state index contributed by atoms with van der Waals surface area (Å²) in [6.45, 7) is 3.51. The molecule has 10 nitrogen and oxygen atoms in total. The van der Waals surface area contributed by atoms with E-state index in [1.165, 1.54) is 70.6 Å². The number of hydrogen-bond acceptors (Lipinski definition) is 9. The van der Waals surface area contributed by atoms with Gasteiger partial charge in [-0.1, -0.05) is 127 Å². The molecule has 8 atom stereocenters. The number of unbranched alkanes of at least 4 members (excludes halogenated alkanes) is 15. The fourth-order valence-corrected chi connectivity index (χ4v) is 6.01. The maximum absolute atomic E-state index is 13.0. The van der Waals surface area contributed by atoms with Crippen molar-refractivity contribution in [2.45, 2.75) is 198 Å². The highest BCUT2D eigenvalue weighted by molar-refractivity contribution is 5.80. The van der Waals surface area contributed by atoms with Crippen LogP contribution in [-0.2, 0) is 14.3 Å². The molecule has 1 rings (SSSR count). The highest BCUT2D eigenvalue weighted by Crippen LogP contribution is 2.22. The van der Waals surface area contributed by atoms with Gasteiger partial charge < -0.3 is 45.4 Å². The van der Waals surface area contributed by atoms with Gasteiger partial charge in [0.15, 0.2) is 6.29 Å². The molecular weight excluding hydrogens is 662 g/mol. The average Bonchev–Trinajstić information content (AvgIpc) is 3.14. The van der Waals surface area contributed by atoms with Gasteiger partial charge >= 0.3 is 0 Å². The number of carbonyl (C=O) groups excluding carboxylic acids is 1. The van der Waals surface area contributed by atoms with E-state index in [0.717, 1.165) is 44.9 Å². The molecule has 0 spiro atoms. The smallest absolute Gasteiger partial charge is 0.249 e. The van der Waals surface area contributed by atoms with Gasteiger partial charge in [-0.2, -0.15) is 0 Å². The lowest BCUT2D eigenvalue weighted by molar-refractivity contribution is -0.302. The third kappa shape index (κ3) is 23.0. The maximum atomic E-state index is 13.0. The molecule has 1 aliphatic rings. The quantitative estimate of drug-likeness (QED) is 0.0303. The molecule has 1 amide bonds. The number of hydrogen-bond donors (Lipinski definition) is 7. The number of carbonyl (C=O) groups is 1. The standard InChI is InChI=1S/C42H75NO9/c1-3-5-7-9-11-13-15-17-19-20-22-24-26-28-30-35(45)34(33-51-42-40(49)39(48)38(47)37(32-44)52-42)43-41(50)36(46)31-29-27-25-23-21-18-16-14-12-10-8-6-4-2/h13,15,20-23,28,30,34-40,42,44-49H,3-12,14,16-19,24-27,29,31-33H2,1-2H3,(H,43,50)/b15-13+,22-20+,23-21-,30-28+. The number of aliphatic hydroxyl groups is 6. The van der Waals surface area contributed by atoms with Crippen LogP contribution >= 0.6 is 0 Å². The Labute approximate surface area is 315 Å². The van der Waals surface area contributed by atoms with Crippen molar-refractivity contribution in [1.82, 2.24) is 5.32 Å². The Balaban J connectivity index is 2.56. The summed E-state index contributed by atoms with van der Waals surface area (Å²) in [5.41, 5.74) is 0. The van der Waals surface area contributed by atoms with Gasteiger partial charge in [0.05, 0.1) is 25.4 Å². The molecule has 8 unspecified atom stereocenters. The monoisotopic (exact) mass is 738 g/mol. The van der Waals surface area contributed by atoms with E-state index in [-0.39, 0.29) is 13.0 Å². The van der Waals surface area contributed by atoms with E-state index >= 15 is 0 Å². The molecule has 52 heavy (non-hydrogen) atoms. The van der Waals surface area contributed by atoms with Crippen molar-refractivity contribution in [3.8, 4) is 0 Å². The predicted molar refractivity (Wildman–Crippen MR) is 209 cm³/mol. The zero-order chi connectivity index (χ0) is 38.2. The van der Waals surface area contributed by atoms with Crippen LogP contribution in [0.1, 0.15) is 149 Å². The summed E-state index contributed by atoms with van der Waals surface area (Å²) in [5, 5.41) is 64.3.